The topological polar surface area (TPSA) is 61.5 Å². The van der Waals surface area contributed by atoms with E-state index in [1.807, 2.05) is 0 Å². The molecular weight excluding hydrogens is 329 g/mol. The van der Waals surface area contributed by atoms with Crippen LogP contribution in [0.4, 0.5) is 10.1 Å². The Labute approximate surface area is 126 Å². The number of esters is 1. The second-order valence-corrected chi connectivity index (χ2v) is 5.12. The zero-order valence-corrected chi connectivity index (χ0v) is 13.0. The van der Waals surface area contributed by atoms with Crippen LogP contribution in [0.25, 0.3) is 0 Å². The first-order valence-electron chi connectivity index (χ1n) is 6.57. The van der Waals surface area contributed by atoms with Gasteiger partial charge in [0.05, 0.1) is 23.4 Å². The maximum absolute atomic E-state index is 13.0. The molecule has 0 saturated heterocycles. The number of anilines is 1. The first-order valence-corrected chi connectivity index (χ1v) is 7.36. The van der Waals surface area contributed by atoms with Crippen LogP contribution in [0, 0.1) is 5.82 Å². The lowest BCUT2D eigenvalue weighted by Gasteiger charge is -2.11. The van der Waals surface area contributed by atoms with Crippen LogP contribution in [0.2, 0.25) is 0 Å². The van der Waals surface area contributed by atoms with Gasteiger partial charge in [0.25, 0.3) is 0 Å². The van der Waals surface area contributed by atoms with Crippen molar-refractivity contribution in [1.29, 1.82) is 0 Å². The summed E-state index contributed by atoms with van der Waals surface area (Å²) in [5.74, 6) is -0.119. The molecule has 0 aliphatic carbocycles. The summed E-state index contributed by atoms with van der Waals surface area (Å²) in [7, 11) is 0. The van der Waals surface area contributed by atoms with Crippen molar-refractivity contribution in [3.63, 3.8) is 0 Å². The normalized spacial score (nSPS) is 10.3. The van der Waals surface area contributed by atoms with Gasteiger partial charge in [-0.15, -0.1) is 0 Å². The van der Waals surface area contributed by atoms with Crippen LogP contribution < -0.4 is 10.5 Å². The first kappa shape index (κ1) is 16.8. The second-order valence-electron chi connectivity index (χ2n) is 4.27. The number of rotatable bonds is 8. The maximum Gasteiger partial charge on any atom is 0.305 e. The Hall–Kier alpha value is -1.30. The number of nitrogen functional groups attached to an aromatic ring is 1. The van der Waals surface area contributed by atoms with Crippen molar-refractivity contribution >= 4 is 27.6 Å². The number of nitrogens with two attached hydrogens (primary N) is 1. The SMILES string of the molecule is CCOC(=O)CCCCCOc1c(N)cc(F)cc1Br. The van der Waals surface area contributed by atoms with Gasteiger partial charge in [-0.25, -0.2) is 4.39 Å². The fourth-order valence-electron chi connectivity index (χ4n) is 1.69. The predicted molar refractivity (Wildman–Crippen MR) is 79.1 cm³/mol. The van der Waals surface area contributed by atoms with E-state index in [0.29, 0.717) is 29.9 Å². The lowest BCUT2D eigenvalue weighted by molar-refractivity contribution is -0.143. The average molecular weight is 348 g/mol. The Morgan fingerprint density at radius 3 is 2.75 bits per heavy atom. The number of benzene rings is 1. The highest BCUT2D eigenvalue weighted by atomic mass is 79.9. The van der Waals surface area contributed by atoms with E-state index in [0.717, 1.165) is 19.3 Å². The minimum Gasteiger partial charge on any atom is -0.490 e. The third kappa shape index (κ3) is 5.77. The Morgan fingerprint density at radius 2 is 2.10 bits per heavy atom. The number of ether oxygens (including phenoxy) is 2. The summed E-state index contributed by atoms with van der Waals surface area (Å²) >= 11 is 3.21. The summed E-state index contributed by atoms with van der Waals surface area (Å²) in [5.41, 5.74) is 5.95. The largest absolute Gasteiger partial charge is 0.490 e. The molecule has 0 atom stereocenters. The highest BCUT2D eigenvalue weighted by Gasteiger charge is 2.08. The van der Waals surface area contributed by atoms with Gasteiger partial charge < -0.3 is 15.2 Å². The molecule has 0 spiro atoms. The number of halogens is 2. The molecule has 0 fully saturated rings. The van der Waals surface area contributed by atoms with Crippen LogP contribution in [0.3, 0.4) is 0 Å². The number of carbonyl (C=O) groups excluding carboxylic acids is 1. The lowest BCUT2D eigenvalue weighted by atomic mass is 10.2. The molecule has 6 heteroatoms. The van der Waals surface area contributed by atoms with Crippen molar-refractivity contribution in [2.45, 2.75) is 32.6 Å². The Kier molecular flexibility index (Phi) is 7.36. The number of hydrogen-bond acceptors (Lipinski definition) is 4. The first-order chi connectivity index (χ1) is 9.54. The van der Waals surface area contributed by atoms with E-state index < -0.39 is 5.82 Å². The van der Waals surface area contributed by atoms with Crippen molar-refractivity contribution in [1.82, 2.24) is 0 Å². The van der Waals surface area contributed by atoms with Gasteiger partial charge in [0.1, 0.15) is 5.82 Å². The average Bonchev–Trinajstić information content (AvgIpc) is 2.36. The molecule has 0 aliphatic heterocycles. The van der Waals surface area contributed by atoms with Crippen LogP contribution in [-0.2, 0) is 9.53 Å². The second kappa shape index (κ2) is 8.79. The number of carbonyl (C=O) groups is 1. The Balaban J connectivity index is 2.23. The molecule has 4 nitrogen and oxygen atoms in total. The molecule has 0 amide bonds. The minimum atomic E-state index is -0.406. The Morgan fingerprint density at radius 1 is 1.35 bits per heavy atom. The highest BCUT2D eigenvalue weighted by Crippen LogP contribution is 2.32. The molecule has 0 aliphatic rings. The maximum atomic E-state index is 13.0. The van der Waals surface area contributed by atoms with E-state index >= 15 is 0 Å². The summed E-state index contributed by atoms with van der Waals surface area (Å²) in [4.78, 5) is 11.1. The quantitative estimate of drug-likeness (QED) is 0.442. The molecule has 0 bridgehead atoms. The standard InChI is InChI=1S/C14H19BrFNO3/c1-2-19-13(18)6-4-3-5-7-20-14-11(15)8-10(16)9-12(14)17/h8-9H,2-7,17H2,1H3. The third-order valence-electron chi connectivity index (χ3n) is 2.61. The van der Waals surface area contributed by atoms with Crippen LogP contribution >= 0.6 is 15.9 Å². The molecule has 112 valence electrons. The highest BCUT2D eigenvalue weighted by molar-refractivity contribution is 9.10. The van der Waals surface area contributed by atoms with E-state index in [1.54, 1.807) is 6.92 Å². The summed E-state index contributed by atoms with van der Waals surface area (Å²) in [6.45, 7) is 2.67. The third-order valence-corrected chi connectivity index (χ3v) is 3.20. The molecule has 1 rings (SSSR count). The van der Waals surface area contributed by atoms with Crippen molar-refractivity contribution in [3.8, 4) is 5.75 Å². The van der Waals surface area contributed by atoms with Gasteiger partial charge in [-0.05, 0) is 48.2 Å². The molecule has 1 aromatic rings. The molecule has 0 radical (unpaired) electrons. The van der Waals surface area contributed by atoms with Gasteiger partial charge in [-0.1, -0.05) is 0 Å². The fraction of sp³-hybridized carbons (Fsp3) is 0.500. The number of unbranched alkanes of at least 4 members (excludes halogenated alkanes) is 2. The Bertz CT molecular complexity index is 431. The lowest BCUT2D eigenvalue weighted by Crippen LogP contribution is -2.04. The van der Waals surface area contributed by atoms with Gasteiger partial charge in [0.15, 0.2) is 5.75 Å². The summed E-state index contributed by atoms with van der Waals surface area (Å²) in [6.07, 6.45) is 2.85. The molecule has 0 heterocycles. The molecule has 20 heavy (non-hydrogen) atoms. The zero-order valence-electron chi connectivity index (χ0n) is 11.5. The zero-order chi connectivity index (χ0) is 15.0. The molecule has 0 saturated carbocycles. The van der Waals surface area contributed by atoms with E-state index in [4.69, 9.17) is 15.2 Å². The van der Waals surface area contributed by atoms with E-state index in [-0.39, 0.29) is 11.7 Å². The molecule has 0 unspecified atom stereocenters. The van der Waals surface area contributed by atoms with Crippen molar-refractivity contribution in [3.05, 3.63) is 22.4 Å². The van der Waals surface area contributed by atoms with E-state index in [1.165, 1.54) is 12.1 Å². The van der Waals surface area contributed by atoms with Gasteiger partial charge in [-0.3, -0.25) is 4.79 Å². The summed E-state index contributed by atoms with van der Waals surface area (Å²) in [5, 5.41) is 0. The fourth-order valence-corrected chi connectivity index (χ4v) is 2.25. The molecule has 2 N–H and O–H groups in total. The van der Waals surface area contributed by atoms with Gasteiger partial charge in [0.2, 0.25) is 0 Å². The van der Waals surface area contributed by atoms with E-state index in [9.17, 15) is 9.18 Å². The van der Waals surface area contributed by atoms with Gasteiger partial charge >= 0.3 is 5.97 Å². The van der Waals surface area contributed by atoms with Crippen LogP contribution in [0.5, 0.6) is 5.75 Å². The molecule has 0 aromatic heterocycles. The van der Waals surface area contributed by atoms with Crippen LogP contribution in [0.1, 0.15) is 32.6 Å². The smallest absolute Gasteiger partial charge is 0.305 e. The van der Waals surface area contributed by atoms with E-state index in [2.05, 4.69) is 15.9 Å². The summed E-state index contributed by atoms with van der Waals surface area (Å²) < 4.78 is 23.9. The predicted octanol–water partition coefficient (Wildman–Crippen LogP) is 3.67. The number of hydrogen-bond donors (Lipinski definition) is 1. The summed E-state index contributed by atoms with van der Waals surface area (Å²) in [6, 6.07) is 2.54. The van der Waals surface area contributed by atoms with Crippen LogP contribution in [-0.4, -0.2) is 19.2 Å². The van der Waals surface area contributed by atoms with Crippen LogP contribution in [0.15, 0.2) is 16.6 Å². The van der Waals surface area contributed by atoms with Crippen molar-refractivity contribution < 1.29 is 18.7 Å². The van der Waals surface area contributed by atoms with Gasteiger partial charge in [0, 0.05) is 12.5 Å². The molecule has 1 aromatic carbocycles. The van der Waals surface area contributed by atoms with Crippen molar-refractivity contribution in [2.75, 3.05) is 18.9 Å². The minimum absolute atomic E-state index is 0.168. The van der Waals surface area contributed by atoms with Gasteiger partial charge in [-0.2, -0.15) is 0 Å². The molecular formula is C14H19BrFNO3. The van der Waals surface area contributed by atoms with Crippen molar-refractivity contribution in [2.24, 2.45) is 0 Å². The monoisotopic (exact) mass is 347 g/mol.